The molecule has 1 aromatic carbocycles. The molecule has 3 atom stereocenters. The second kappa shape index (κ2) is 5.30. The lowest BCUT2D eigenvalue weighted by Crippen LogP contribution is -2.40. The average molecular weight is 316 g/mol. The van der Waals surface area contributed by atoms with Crippen molar-refractivity contribution in [2.24, 2.45) is 17.8 Å². The number of rotatable bonds is 3. The van der Waals surface area contributed by atoms with Gasteiger partial charge in [0.2, 0.25) is 0 Å². The summed E-state index contributed by atoms with van der Waals surface area (Å²) in [7, 11) is 0. The molecular formula is C17H16O6. The highest BCUT2D eigenvalue weighted by atomic mass is 16.6. The maximum Gasteiger partial charge on any atom is 0.318 e. The summed E-state index contributed by atoms with van der Waals surface area (Å²) in [5, 5.41) is 0. The SMILES string of the molecule is CC(C)(c1ccccc1)C1C(=O)OC(=O)C1C1CC(=O)OC1=O. The Morgan fingerprint density at radius 3 is 2.13 bits per heavy atom. The molecule has 0 bridgehead atoms. The van der Waals surface area contributed by atoms with Crippen LogP contribution < -0.4 is 0 Å². The van der Waals surface area contributed by atoms with Crippen molar-refractivity contribution in [1.82, 2.24) is 0 Å². The van der Waals surface area contributed by atoms with Crippen LogP contribution in [0.5, 0.6) is 0 Å². The molecule has 0 spiro atoms. The molecule has 2 aliphatic rings. The predicted octanol–water partition coefficient (Wildman–Crippen LogP) is 1.37. The van der Waals surface area contributed by atoms with Crippen molar-refractivity contribution in [3.63, 3.8) is 0 Å². The van der Waals surface area contributed by atoms with Gasteiger partial charge in [0.05, 0.1) is 24.2 Å². The van der Waals surface area contributed by atoms with E-state index in [9.17, 15) is 19.2 Å². The quantitative estimate of drug-likeness (QED) is 0.618. The largest absolute Gasteiger partial charge is 0.393 e. The fourth-order valence-corrected chi connectivity index (χ4v) is 3.47. The van der Waals surface area contributed by atoms with Crippen molar-refractivity contribution in [3.05, 3.63) is 35.9 Å². The van der Waals surface area contributed by atoms with Crippen LogP contribution in [0, 0.1) is 17.8 Å². The van der Waals surface area contributed by atoms with E-state index in [0.717, 1.165) is 5.56 Å². The molecule has 0 aliphatic carbocycles. The Balaban J connectivity index is 2.01. The first kappa shape index (κ1) is 15.4. The summed E-state index contributed by atoms with van der Waals surface area (Å²) in [4.78, 5) is 47.7. The molecule has 6 heteroatoms. The van der Waals surface area contributed by atoms with Gasteiger partial charge in [-0.1, -0.05) is 44.2 Å². The predicted molar refractivity (Wildman–Crippen MR) is 76.8 cm³/mol. The van der Waals surface area contributed by atoms with E-state index in [1.54, 1.807) is 0 Å². The van der Waals surface area contributed by atoms with Crippen LogP contribution in [0.3, 0.4) is 0 Å². The van der Waals surface area contributed by atoms with Crippen molar-refractivity contribution in [2.45, 2.75) is 25.7 Å². The van der Waals surface area contributed by atoms with Gasteiger partial charge in [0.25, 0.3) is 0 Å². The molecule has 2 aliphatic heterocycles. The highest BCUT2D eigenvalue weighted by molar-refractivity contribution is 6.03. The molecule has 0 amide bonds. The van der Waals surface area contributed by atoms with E-state index < -0.39 is 47.0 Å². The maximum absolute atomic E-state index is 12.3. The lowest BCUT2D eigenvalue weighted by molar-refractivity contribution is -0.158. The van der Waals surface area contributed by atoms with Gasteiger partial charge in [0.15, 0.2) is 0 Å². The molecule has 2 fully saturated rings. The molecule has 3 rings (SSSR count). The molecule has 0 saturated carbocycles. The smallest absolute Gasteiger partial charge is 0.318 e. The van der Waals surface area contributed by atoms with Crippen LogP contribution in [0.1, 0.15) is 25.8 Å². The van der Waals surface area contributed by atoms with Gasteiger partial charge in [-0.05, 0) is 5.56 Å². The Labute approximate surface area is 132 Å². The van der Waals surface area contributed by atoms with E-state index in [0.29, 0.717) is 0 Å². The number of benzene rings is 1. The Morgan fingerprint density at radius 1 is 0.913 bits per heavy atom. The summed E-state index contributed by atoms with van der Waals surface area (Å²) >= 11 is 0. The first-order chi connectivity index (χ1) is 10.8. The second-order valence-electron chi connectivity index (χ2n) is 6.44. The Hall–Kier alpha value is -2.50. The monoisotopic (exact) mass is 316 g/mol. The number of cyclic esters (lactones) is 4. The first-order valence-electron chi connectivity index (χ1n) is 7.38. The molecule has 2 heterocycles. The number of carbonyl (C=O) groups is 4. The molecule has 3 unspecified atom stereocenters. The second-order valence-corrected chi connectivity index (χ2v) is 6.44. The Kier molecular flexibility index (Phi) is 3.55. The minimum absolute atomic E-state index is 0.201. The van der Waals surface area contributed by atoms with E-state index in [1.807, 2.05) is 44.2 Å². The summed E-state index contributed by atoms with van der Waals surface area (Å²) in [6.45, 7) is 3.64. The zero-order valence-electron chi connectivity index (χ0n) is 12.8. The molecule has 0 N–H and O–H groups in total. The molecule has 6 nitrogen and oxygen atoms in total. The fourth-order valence-electron chi connectivity index (χ4n) is 3.47. The molecular weight excluding hydrogens is 300 g/mol. The van der Waals surface area contributed by atoms with Crippen LogP contribution in [0.25, 0.3) is 0 Å². The maximum atomic E-state index is 12.3. The van der Waals surface area contributed by atoms with Gasteiger partial charge in [0.1, 0.15) is 0 Å². The molecule has 1 aromatic rings. The summed E-state index contributed by atoms with van der Waals surface area (Å²) in [6.07, 6.45) is -0.201. The Bertz CT molecular complexity index is 690. The number of carbonyl (C=O) groups excluding carboxylic acids is 4. The number of ether oxygens (including phenoxy) is 2. The molecule has 0 aromatic heterocycles. The van der Waals surface area contributed by atoms with E-state index in [4.69, 9.17) is 4.74 Å². The summed E-state index contributed by atoms with van der Waals surface area (Å²) in [5.41, 5.74) is 0.112. The normalized spacial score (nSPS) is 28.0. The van der Waals surface area contributed by atoms with Crippen LogP contribution >= 0.6 is 0 Å². The van der Waals surface area contributed by atoms with Crippen LogP contribution in [0.4, 0.5) is 0 Å². The van der Waals surface area contributed by atoms with Crippen molar-refractivity contribution in [3.8, 4) is 0 Å². The van der Waals surface area contributed by atoms with Gasteiger partial charge < -0.3 is 9.47 Å². The van der Waals surface area contributed by atoms with E-state index >= 15 is 0 Å². The van der Waals surface area contributed by atoms with Crippen LogP contribution in [0.15, 0.2) is 30.3 Å². The van der Waals surface area contributed by atoms with E-state index in [1.165, 1.54) is 0 Å². The summed E-state index contributed by atoms with van der Waals surface area (Å²) in [5.74, 6) is -5.68. The highest BCUT2D eigenvalue weighted by Gasteiger charge is 2.59. The van der Waals surface area contributed by atoms with E-state index in [-0.39, 0.29) is 6.42 Å². The van der Waals surface area contributed by atoms with Crippen molar-refractivity contribution < 1.29 is 28.7 Å². The van der Waals surface area contributed by atoms with Crippen LogP contribution in [0.2, 0.25) is 0 Å². The zero-order chi connectivity index (χ0) is 16.8. The topological polar surface area (TPSA) is 86.7 Å². The molecule has 0 radical (unpaired) electrons. The van der Waals surface area contributed by atoms with Gasteiger partial charge in [0, 0.05) is 5.41 Å². The standard InChI is InChI=1S/C17H16O6/c1-17(2,9-6-4-3-5-7-9)13-12(15(20)23-16(13)21)10-8-11(18)22-14(10)19/h3-7,10,12-13H,8H2,1-2H3. The van der Waals surface area contributed by atoms with Gasteiger partial charge in [-0.3, -0.25) is 19.2 Å². The lowest BCUT2D eigenvalue weighted by Gasteiger charge is -2.33. The summed E-state index contributed by atoms with van der Waals surface area (Å²) < 4.78 is 9.33. The lowest BCUT2D eigenvalue weighted by atomic mass is 9.65. The van der Waals surface area contributed by atoms with E-state index in [2.05, 4.69) is 4.74 Å². The summed E-state index contributed by atoms with van der Waals surface area (Å²) in [6, 6.07) is 9.22. The Morgan fingerprint density at radius 2 is 1.57 bits per heavy atom. The van der Waals surface area contributed by atoms with Crippen molar-refractivity contribution in [1.29, 1.82) is 0 Å². The fraction of sp³-hybridized carbons (Fsp3) is 0.412. The van der Waals surface area contributed by atoms with Gasteiger partial charge in [-0.2, -0.15) is 0 Å². The van der Waals surface area contributed by atoms with Gasteiger partial charge in [-0.25, -0.2) is 0 Å². The molecule has 120 valence electrons. The van der Waals surface area contributed by atoms with Crippen molar-refractivity contribution in [2.75, 3.05) is 0 Å². The first-order valence-corrected chi connectivity index (χ1v) is 7.38. The third-order valence-electron chi connectivity index (χ3n) is 4.72. The minimum atomic E-state index is -1.00. The van der Waals surface area contributed by atoms with Gasteiger partial charge >= 0.3 is 23.9 Å². The zero-order valence-corrected chi connectivity index (χ0v) is 12.8. The number of hydrogen-bond acceptors (Lipinski definition) is 6. The van der Waals surface area contributed by atoms with Crippen LogP contribution in [-0.4, -0.2) is 23.9 Å². The molecule has 23 heavy (non-hydrogen) atoms. The minimum Gasteiger partial charge on any atom is -0.393 e. The van der Waals surface area contributed by atoms with Crippen molar-refractivity contribution >= 4 is 23.9 Å². The highest BCUT2D eigenvalue weighted by Crippen LogP contribution is 2.46. The number of hydrogen-bond donors (Lipinski definition) is 0. The van der Waals surface area contributed by atoms with Crippen LogP contribution in [-0.2, 0) is 34.1 Å². The van der Waals surface area contributed by atoms with Gasteiger partial charge in [-0.15, -0.1) is 0 Å². The molecule has 2 saturated heterocycles. The number of esters is 4. The third-order valence-corrected chi connectivity index (χ3v) is 4.72. The third kappa shape index (κ3) is 2.44. The average Bonchev–Trinajstić information content (AvgIpc) is 2.98.